The molecule has 1 aliphatic rings. The van der Waals surface area contributed by atoms with E-state index in [0.29, 0.717) is 12.8 Å². The predicted octanol–water partition coefficient (Wildman–Crippen LogP) is 5.39. The zero-order valence-corrected chi connectivity index (χ0v) is 18.7. The number of nitrogens with one attached hydrogen (secondary N) is 1. The molecule has 1 saturated heterocycles. The molecular weight excluding hydrogens is 415 g/mol. The van der Waals surface area contributed by atoms with E-state index in [1.54, 1.807) is 18.2 Å². The second kappa shape index (κ2) is 9.06. The maximum Gasteiger partial charge on any atom is 0.227 e. The molecule has 0 saturated carbocycles. The molecule has 6 heteroatoms. The fourth-order valence-corrected chi connectivity index (χ4v) is 4.56. The van der Waals surface area contributed by atoms with Crippen LogP contribution in [0.3, 0.4) is 0 Å². The molecule has 5 nitrogen and oxygen atoms in total. The number of imidazole rings is 1. The second-order valence-corrected chi connectivity index (χ2v) is 8.64. The van der Waals surface area contributed by atoms with Gasteiger partial charge in [0, 0.05) is 19.0 Å². The first-order chi connectivity index (χ1) is 16.1. The van der Waals surface area contributed by atoms with Crippen LogP contribution in [0.4, 0.5) is 16.0 Å². The summed E-state index contributed by atoms with van der Waals surface area (Å²) in [7, 11) is 0. The first kappa shape index (κ1) is 21.2. The molecule has 33 heavy (non-hydrogen) atoms. The number of carbonyl (C=O) groups is 1. The van der Waals surface area contributed by atoms with Crippen molar-refractivity contribution >= 4 is 28.6 Å². The number of para-hydroxylation sites is 3. The number of hydrogen-bond acceptors (Lipinski definition) is 3. The van der Waals surface area contributed by atoms with Crippen LogP contribution in [0.5, 0.6) is 0 Å². The van der Waals surface area contributed by atoms with Crippen LogP contribution in [0.2, 0.25) is 0 Å². The van der Waals surface area contributed by atoms with Crippen molar-refractivity contribution in [1.29, 1.82) is 0 Å². The average molecular weight is 443 g/mol. The van der Waals surface area contributed by atoms with Crippen LogP contribution < -0.4 is 10.2 Å². The molecular formula is C27H27FN4O. The minimum atomic E-state index is -0.409. The Hall–Kier alpha value is -3.67. The van der Waals surface area contributed by atoms with Crippen LogP contribution in [0, 0.1) is 18.7 Å². The van der Waals surface area contributed by atoms with Crippen molar-refractivity contribution in [2.45, 2.75) is 26.3 Å². The maximum atomic E-state index is 13.9. The fourth-order valence-electron chi connectivity index (χ4n) is 4.56. The summed E-state index contributed by atoms with van der Waals surface area (Å²) in [4.78, 5) is 20.0. The van der Waals surface area contributed by atoms with Crippen LogP contribution >= 0.6 is 0 Å². The number of amides is 1. The van der Waals surface area contributed by atoms with Gasteiger partial charge in [-0.15, -0.1) is 0 Å². The Balaban J connectivity index is 1.35. The Morgan fingerprint density at radius 2 is 1.70 bits per heavy atom. The number of hydrogen-bond donors (Lipinski definition) is 1. The van der Waals surface area contributed by atoms with Crippen LogP contribution in [0.1, 0.15) is 24.0 Å². The summed E-state index contributed by atoms with van der Waals surface area (Å²) in [5.74, 6) is 0.267. The summed E-state index contributed by atoms with van der Waals surface area (Å²) in [6, 6.07) is 22.9. The molecule has 0 bridgehead atoms. The number of rotatable bonds is 5. The van der Waals surface area contributed by atoms with Crippen LogP contribution in [-0.4, -0.2) is 28.5 Å². The Morgan fingerprint density at radius 1 is 1.00 bits per heavy atom. The normalized spacial score (nSPS) is 14.5. The fraction of sp³-hybridized carbons (Fsp3) is 0.259. The first-order valence-corrected chi connectivity index (χ1v) is 11.4. The largest absolute Gasteiger partial charge is 0.342 e. The minimum Gasteiger partial charge on any atom is -0.342 e. The quantitative estimate of drug-likeness (QED) is 0.451. The van der Waals surface area contributed by atoms with E-state index in [1.165, 1.54) is 17.2 Å². The molecule has 1 aliphatic heterocycles. The molecule has 1 fully saturated rings. The Labute approximate surface area is 192 Å². The van der Waals surface area contributed by atoms with Crippen molar-refractivity contribution in [3.8, 4) is 0 Å². The van der Waals surface area contributed by atoms with E-state index in [2.05, 4.69) is 52.0 Å². The van der Waals surface area contributed by atoms with Crippen molar-refractivity contribution in [3.63, 3.8) is 0 Å². The number of halogens is 1. The number of benzene rings is 3. The van der Waals surface area contributed by atoms with Gasteiger partial charge in [-0.2, -0.15) is 0 Å². The standard InChI is InChI=1S/C27H27FN4O/c1-19-8-2-3-9-21(19)18-32-25-13-7-6-12-24(25)30-27(32)31-16-14-20(15-17-31)26(33)29-23-11-5-4-10-22(23)28/h2-13,20H,14-18H2,1H3,(H,29,33). The molecule has 1 amide bonds. The smallest absolute Gasteiger partial charge is 0.227 e. The summed E-state index contributed by atoms with van der Waals surface area (Å²) in [5.41, 5.74) is 4.84. The number of nitrogens with zero attached hydrogens (tertiary/aromatic N) is 3. The van der Waals surface area contributed by atoms with Gasteiger partial charge in [0.15, 0.2) is 0 Å². The van der Waals surface area contributed by atoms with Crippen molar-refractivity contribution in [2.24, 2.45) is 5.92 Å². The maximum absolute atomic E-state index is 13.9. The molecule has 168 valence electrons. The molecule has 1 aromatic heterocycles. The van der Waals surface area contributed by atoms with Crippen molar-refractivity contribution in [2.75, 3.05) is 23.3 Å². The number of anilines is 2. The topological polar surface area (TPSA) is 50.2 Å². The lowest BCUT2D eigenvalue weighted by Gasteiger charge is -2.32. The number of aryl methyl sites for hydroxylation is 1. The molecule has 0 radical (unpaired) electrons. The van der Waals surface area contributed by atoms with E-state index in [1.807, 2.05) is 18.2 Å². The SMILES string of the molecule is Cc1ccccc1Cn1c(N2CCC(C(=O)Nc3ccccc3F)CC2)nc2ccccc21. The van der Waals surface area contributed by atoms with E-state index in [4.69, 9.17) is 4.98 Å². The van der Waals surface area contributed by atoms with Crippen molar-refractivity contribution in [1.82, 2.24) is 9.55 Å². The minimum absolute atomic E-state index is 0.117. The highest BCUT2D eigenvalue weighted by molar-refractivity contribution is 5.92. The highest BCUT2D eigenvalue weighted by atomic mass is 19.1. The zero-order chi connectivity index (χ0) is 22.8. The third-order valence-electron chi connectivity index (χ3n) is 6.50. The first-order valence-electron chi connectivity index (χ1n) is 11.4. The lowest BCUT2D eigenvalue weighted by atomic mass is 9.96. The van der Waals surface area contributed by atoms with Gasteiger partial charge in [0.1, 0.15) is 5.82 Å². The number of fused-ring (bicyclic) bond motifs is 1. The molecule has 5 rings (SSSR count). The third kappa shape index (κ3) is 4.33. The van der Waals surface area contributed by atoms with E-state index < -0.39 is 5.82 Å². The lowest BCUT2D eigenvalue weighted by Crippen LogP contribution is -2.39. The summed E-state index contributed by atoms with van der Waals surface area (Å²) < 4.78 is 16.2. The van der Waals surface area contributed by atoms with Gasteiger partial charge in [-0.1, -0.05) is 48.5 Å². The molecule has 0 spiro atoms. The Morgan fingerprint density at radius 3 is 2.48 bits per heavy atom. The molecule has 0 aliphatic carbocycles. The van der Waals surface area contributed by atoms with E-state index >= 15 is 0 Å². The molecule has 0 atom stereocenters. The summed E-state index contributed by atoms with van der Waals surface area (Å²) in [5, 5.41) is 2.75. The van der Waals surface area contributed by atoms with Gasteiger partial charge in [0.25, 0.3) is 0 Å². The summed E-state index contributed by atoms with van der Waals surface area (Å²) in [6.45, 7) is 4.34. The van der Waals surface area contributed by atoms with E-state index in [-0.39, 0.29) is 17.5 Å². The molecule has 1 N–H and O–H groups in total. The van der Waals surface area contributed by atoms with Crippen LogP contribution in [0.15, 0.2) is 72.8 Å². The molecule has 2 heterocycles. The Bertz CT molecular complexity index is 1290. The molecule has 3 aromatic carbocycles. The monoisotopic (exact) mass is 442 g/mol. The van der Waals surface area contributed by atoms with Gasteiger partial charge in [-0.05, 0) is 55.2 Å². The van der Waals surface area contributed by atoms with Crippen molar-refractivity contribution in [3.05, 3.63) is 89.7 Å². The van der Waals surface area contributed by atoms with Gasteiger partial charge >= 0.3 is 0 Å². The average Bonchev–Trinajstić information content (AvgIpc) is 3.20. The van der Waals surface area contributed by atoms with Crippen LogP contribution in [0.25, 0.3) is 11.0 Å². The number of carbonyl (C=O) groups excluding carboxylic acids is 1. The van der Waals surface area contributed by atoms with E-state index in [9.17, 15) is 9.18 Å². The van der Waals surface area contributed by atoms with Gasteiger partial charge in [0.05, 0.1) is 23.3 Å². The third-order valence-corrected chi connectivity index (χ3v) is 6.50. The zero-order valence-electron chi connectivity index (χ0n) is 18.7. The summed E-state index contributed by atoms with van der Waals surface area (Å²) >= 11 is 0. The van der Waals surface area contributed by atoms with Crippen LogP contribution in [-0.2, 0) is 11.3 Å². The van der Waals surface area contributed by atoms with Gasteiger partial charge in [0.2, 0.25) is 11.9 Å². The van der Waals surface area contributed by atoms with Gasteiger partial charge in [-0.25, -0.2) is 9.37 Å². The molecule has 4 aromatic rings. The molecule has 0 unspecified atom stereocenters. The predicted molar refractivity (Wildman–Crippen MR) is 130 cm³/mol. The summed E-state index contributed by atoms with van der Waals surface area (Å²) in [6.07, 6.45) is 1.40. The number of aromatic nitrogens is 2. The highest BCUT2D eigenvalue weighted by Crippen LogP contribution is 2.29. The number of piperidine rings is 1. The van der Waals surface area contributed by atoms with Gasteiger partial charge in [-0.3, -0.25) is 4.79 Å². The van der Waals surface area contributed by atoms with Crippen molar-refractivity contribution < 1.29 is 9.18 Å². The Kier molecular flexibility index (Phi) is 5.82. The lowest BCUT2D eigenvalue weighted by molar-refractivity contribution is -0.120. The highest BCUT2D eigenvalue weighted by Gasteiger charge is 2.28. The van der Waals surface area contributed by atoms with E-state index in [0.717, 1.165) is 36.6 Å². The van der Waals surface area contributed by atoms with Gasteiger partial charge < -0.3 is 14.8 Å². The second-order valence-electron chi connectivity index (χ2n) is 8.64.